The molecule has 164 valence electrons. The standard InChI is InChI=1S/C25H25N3O4/c1-17-9-10-18(2)21(13-17)27-24(29)25(30)28-26-15-20-11-12-22(23(14-20)31-3)32-16-19-7-5-4-6-8-19/h4-15H,16H2,1-3H3,(H,27,29)(H,28,30)/b26-15-. The number of carbonyl (C=O) groups excluding carboxylic acids is 2. The highest BCUT2D eigenvalue weighted by atomic mass is 16.5. The van der Waals surface area contributed by atoms with Gasteiger partial charge in [0.1, 0.15) is 6.61 Å². The van der Waals surface area contributed by atoms with Crippen molar-refractivity contribution in [3.8, 4) is 11.5 Å². The first kappa shape index (κ1) is 22.6. The second-order valence-corrected chi connectivity index (χ2v) is 7.16. The average molecular weight is 431 g/mol. The Balaban J connectivity index is 1.57. The molecule has 0 spiro atoms. The van der Waals surface area contributed by atoms with Gasteiger partial charge in [-0.3, -0.25) is 9.59 Å². The Bertz CT molecular complexity index is 1130. The molecule has 0 aliphatic rings. The third kappa shape index (κ3) is 6.18. The van der Waals surface area contributed by atoms with E-state index < -0.39 is 11.8 Å². The first-order valence-corrected chi connectivity index (χ1v) is 10.0. The largest absolute Gasteiger partial charge is 0.493 e. The van der Waals surface area contributed by atoms with Gasteiger partial charge in [-0.1, -0.05) is 42.5 Å². The monoisotopic (exact) mass is 431 g/mol. The predicted octanol–water partition coefficient (Wildman–Crippen LogP) is 3.98. The lowest BCUT2D eigenvalue weighted by Crippen LogP contribution is -2.32. The molecule has 0 saturated carbocycles. The number of hydrogen-bond acceptors (Lipinski definition) is 5. The highest BCUT2D eigenvalue weighted by Gasteiger charge is 2.14. The molecule has 2 N–H and O–H groups in total. The lowest BCUT2D eigenvalue weighted by atomic mass is 10.1. The fraction of sp³-hybridized carbons (Fsp3) is 0.160. The number of aryl methyl sites for hydroxylation is 2. The summed E-state index contributed by atoms with van der Waals surface area (Å²) >= 11 is 0. The molecule has 7 nitrogen and oxygen atoms in total. The van der Waals surface area contributed by atoms with E-state index in [-0.39, 0.29) is 0 Å². The zero-order valence-electron chi connectivity index (χ0n) is 18.2. The van der Waals surface area contributed by atoms with Crippen molar-refractivity contribution in [2.24, 2.45) is 5.10 Å². The van der Waals surface area contributed by atoms with E-state index >= 15 is 0 Å². The fourth-order valence-corrected chi connectivity index (χ4v) is 2.88. The van der Waals surface area contributed by atoms with E-state index in [2.05, 4.69) is 15.8 Å². The van der Waals surface area contributed by atoms with Gasteiger partial charge in [-0.15, -0.1) is 0 Å². The van der Waals surface area contributed by atoms with E-state index in [0.29, 0.717) is 29.4 Å². The lowest BCUT2D eigenvalue weighted by molar-refractivity contribution is -0.136. The number of nitrogens with one attached hydrogen (secondary N) is 2. The van der Waals surface area contributed by atoms with Gasteiger partial charge in [0.15, 0.2) is 11.5 Å². The molecule has 32 heavy (non-hydrogen) atoms. The second kappa shape index (κ2) is 10.8. The molecule has 3 rings (SSSR count). The number of benzene rings is 3. The summed E-state index contributed by atoms with van der Waals surface area (Å²) in [4.78, 5) is 24.2. The molecule has 0 unspecified atom stereocenters. The molecule has 7 heteroatoms. The van der Waals surface area contributed by atoms with E-state index in [0.717, 1.165) is 16.7 Å². The molecule has 0 atom stereocenters. The van der Waals surface area contributed by atoms with Crippen molar-refractivity contribution in [1.82, 2.24) is 5.43 Å². The van der Waals surface area contributed by atoms with Crippen LogP contribution in [0.5, 0.6) is 11.5 Å². The normalized spacial score (nSPS) is 10.6. The molecule has 0 aromatic heterocycles. The Labute approximate surface area is 187 Å². The van der Waals surface area contributed by atoms with Crippen LogP contribution in [0.1, 0.15) is 22.3 Å². The maximum absolute atomic E-state index is 12.1. The number of hydrogen-bond donors (Lipinski definition) is 2. The van der Waals surface area contributed by atoms with Gasteiger partial charge in [-0.05, 0) is 60.4 Å². The average Bonchev–Trinajstić information content (AvgIpc) is 2.81. The minimum atomic E-state index is -0.864. The summed E-state index contributed by atoms with van der Waals surface area (Å²) in [5, 5.41) is 6.45. The SMILES string of the molecule is COc1cc(/C=N\NC(=O)C(=O)Nc2cc(C)ccc2C)ccc1OCc1ccccc1. The van der Waals surface area contributed by atoms with Gasteiger partial charge < -0.3 is 14.8 Å². The summed E-state index contributed by atoms with van der Waals surface area (Å²) in [6.45, 7) is 4.17. The Hall–Kier alpha value is -4.13. The first-order chi connectivity index (χ1) is 15.5. The third-order valence-corrected chi connectivity index (χ3v) is 4.65. The maximum atomic E-state index is 12.1. The molecule has 0 aliphatic heterocycles. The molecule has 0 aliphatic carbocycles. The smallest absolute Gasteiger partial charge is 0.329 e. The quantitative estimate of drug-likeness (QED) is 0.336. The van der Waals surface area contributed by atoms with Crippen LogP contribution in [0.3, 0.4) is 0 Å². The van der Waals surface area contributed by atoms with Gasteiger partial charge in [0.2, 0.25) is 0 Å². The van der Waals surface area contributed by atoms with Crippen LogP contribution >= 0.6 is 0 Å². The topological polar surface area (TPSA) is 89.0 Å². The van der Waals surface area contributed by atoms with Crippen LogP contribution in [0.2, 0.25) is 0 Å². The summed E-state index contributed by atoms with van der Waals surface area (Å²) in [7, 11) is 1.55. The third-order valence-electron chi connectivity index (χ3n) is 4.65. The molecular weight excluding hydrogens is 406 g/mol. The van der Waals surface area contributed by atoms with Crippen LogP contribution in [0.4, 0.5) is 5.69 Å². The van der Waals surface area contributed by atoms with Crippen molar-refractivity contribution in [3.05, 3.63) is 89.0 Å². The highest BCUT2D eigenvalue weighted by Crippen LogP contribution is 2.28. The van der Waals surface area contributed by atoms with Crippen molar-refractivity contribution in [2.75, 3.05) is 12.4 Å². The minimum absolute atomic E-state index is 0.413. The van der Waals surface area contributed by atoms with Crippen molar-refractivity contribution in [2.45, 2.75) is 20.5 Å². The van der Waals surface area contributed by atoms with E-state index in [1.165, 1.54) is 6.21 Å². The predicted molar refractivity (Wildman–Crippen MR) is 124 cm³/mol. The molecule has 0 bridgehead atoms. The molecule has 0 heterocycles. The second-order valence-electron chi connectivity index (χ2n) is 7.16. The Morgan fingerprint density at radius 3 is 2.47 bits per heavy atom. The Morgan fingerprint density at radius 1 is 0.938 bits per heavy atom. The maximum Gasteiger partial charge on any atom is 0.329 e. The van der Waals surface area contributed by atoms with Gasteiger partial charge in [0.25, 0.3) is 0 Å². The van der Waals surface area contributed by atoms with Crippen LogP contribution in [0, 0.1) is 13.8 Å². The number of nitrogens with zero attached hydrogens (tertiary/aromatic N) is 1. The number of carbonyl (C=O) groups is 2. The molecule has 0 fully saturated rings. The summed E-state index contributed by atoms with van der Waals surface area (Å²) in [6.07, 6.45) is 1.42. The van der Waals surface area contributed by atoms with Crippen molar-refractivity contribution in [3.63, 3.8) is 0 Å². The zero-order valence-corrected chi connectivity index (χ0v) is 18.2. The Kier molecular flexibility index (Phi) is 7.59. The van der Waals surface area contributed by atoms with Gasteiger partial charge in [-0.2, -0.15) is 5.10 Å². The lowest BCUT2D eigenvalue weighted by Gasteiger charge is -2.11. The summed E-state index contributed by atoms with van der Waals surface area (Å²) in [5.74, 6) is -0.538. The van der Waals surface area contributed by atoms with E-state index in [1.807, 2.05) is 56.3 Å². The number of rotatable bonds is 7. The minimum Gasteiger partial charge on any atom is -0.493 e. The number of methoxy groups -OCH3 is 1. The number of amides is 2. The van der Waals surface area contributed by atoms with Crippen molar-refractivity contribution in [1.29, 1.82) is 0 Å². The van der Waals surface area contributed by atoms with Gasteiger partial charge in [0.05, 0.1) is 13.3 Å². The van der Waals surface area contributed by atoms with E-state index in [4.69, 9.17) is 9.47 Å². The van der Waals surface area contributed by atoms with Gasteiger partial charge in [0, 0.05) is 5.69 Å². The molecular formula is C25H25N3O4. The van der Waals surface area contributed by atoms with Crippen molar-refractivity contribution >= 4 is 23.7 Å². The van der Waals surface area contributed by atoms with Gasteiger partial charge in [-0.25, -0.2) is 5.43 Å². The fourth-order valence-electron chi connectivity index (χ4n) is 2.88. The van der Waals surface area contributed by atoms with Gasteiger partial charge >= 0.3 is 11.8 Å². The van der Waals surface area contributed by atoms with Crippen LogP contribution < -0.4 is 20.2 Å². The number of ether oxygens (including phenoxy) is 2. The Morgan fingerprint density at radius 2 is 1.72 bits per heavy atom. The number of anilines is 1. The van der Waals surface area contributed by atoms with Crippen LogP contribution in [0.25, 0.3) is 0 Å². The van der Waals surface area contributed by atoms with Crippen LogP contribution in [0.15, 0.2) is 71.8 Å². The zero-order chi connectivity index (χ0) is 22.9. The highest BCUT2D eigenvalue weighted by molar-refractivity contribution is 6.39. The summed E-state index contributed by atoms with van der Waals surface area (Å²) in [6, 6.07) is 20.7. The molecule has 3 aromatic carbocycles. The van der Waals surface area contributed by atoms with Crippen molar-refractivity contribution < 1.29 is 19.1 Å². The van der Waals surface area contributed by atoms with Crippen LogP contribution in [-0.4, -0.2) is 25.1 Å². The molecule has 0 saturated heterocycles. The van der Waals surface area contributed by atoms with E-state index in [9.17, 15) is 9.59 Å². The summed E-state index contributed by atoms with van der Waals surface area (Å²) < 4.78 is 11.2. The summed E-state index contributed by atoms with van der Waals surface area (Å²) in [5.41, 5.74) is 6.38. The van der Waals surface area contributed by atoms with Crippen LogP contribution in [-0.2, 0) is 16.2 Å². The molecule has 0 radical (unpaired) electrons. The molecule has 2 amide bonds. The molecule has 3 aromatic rings. The first-order valence-electron chi connectivity index (χ1n) is 10.0. The van der Waals surface area contributed by atoms with E-state index in [1.54, 1.807) is 31.4 Å². The number of hydrazone groups is 1.